The topological polar surface area (TPSA) is 26.0 Å². The number of benzene rings is 1. The van der Waals surface area contributed by atoms with Crippen LogP contribution in [0.4, 0.5) is 4.39 Å². The van der Waals surface area contributed by atoms with Gasteiger partial charge in [0.1, 0.15) is 5.82 Å². The smallest absolute Gasteiger partial charge is 0.127 e. The van der Waals surface area contributed by atoms with Crippen molar-refractivity contribution in [1.82, 2.24) is 0 Å². The Morgan fingerprint density at radius 2 is 1.79 bits per heavy atom. The van der Waals surface area contributed by atoms with Crippen LogP contribution in [-0.4, -0.2) is 0 Å². The van der Waals surface area contributed by atoms with Crippen molar-refractivity contribution in [1.29, 1.82) is 0 Å². The lowest BCUT2D eigenvalue weighted by molar-refractivity contribution is 0.533. The third-order valence-corrected chi connectivity index (χ3v) is 2.76. The zero-order chi connectivity index (χ0) is 11.1. The molecule has 0 aliphatic heterocycles. The molecule has 78 valence electrons. The van der Waals surface area contributed by atoms with E-state index >= 15 is 0 Å². The summed E-state index contributed by atoms with van der Waals surface area (Å²) in [7, 11) is 0. The predicted molar refractivity (Wildman–Crippen MR) is 58.1 cm³/mol. The highest BCUT2D eigenvalue weighted by Crippen LogP contribution is 2.31. The van der Waals surface area contributed by atoms with Crippen LogP contribution in [0.25, 0.3) is 0 Å². The molecule has 0 spiro atoms. The fraction of sp³-hybridized carbons (Fsp3) is 0.455. The summed E-state index contributed by atoms with van der Waals surface area (Å²) < 4.78 is 13.4. The van der Waals surface area contributed by atoms with Crippen LogP contribution in [0.5, 0.6) is 0 Å². The Morgan fingerprint density at radius 1 is 1.29 bits per heavy atom. The molecule has 0 unspecified atom stereocenters. The Bertz CT molecular complexity index is 340. The van der Waals surface area contributed by atoms with Gasteiger partial charge in [0, 0.05) is 10.6 Å². The average Bonchev–Trinajstić information content (AvgIpc) is 1.98. The van der Waals surface area contributed by atoms with Crippen molar-refractivity contribution in [2.24, 2.45) is 5.73 Å². The number of halogens is 2. The minimum absolute atomic E-state index is 0.297. The molecule has 0 aromatic heterocycles. The molecule has 0 saturated heterocycles. The van der Waals surface area contributed by atoms with Crippen LogP contribution in [0.2, 0.25) is 5.02 Å². The molecule has 0 bridgehead atoms. The third kappa shape index (κ3) is 1.91. The fourth-order valence-corrected chi connectivity index (χ4v) is 2.00. The van der Waals surface area contributed by atoms with Gasteiger partial charge in [0.25, 0.3) is 0 Å². The second-order valence-corrected chi connectivity index (χ2v) is 4.59. The molecular weight excluding hydrogens is 201 g/mol. The first-order chi connectivity index (χ1) is 6.25. The Labute approximate surface area is 89.1 Å². The van der Waals surface area contributed by atoms with Crippen molar-refractivity contribution in [2.75, 3.05) is 0 Å². The lowest BCUT2D eigenvalue weighted by atomic mass is 9.87. The molecule has 0 fully saturated rings. The van der Waals surface area contributed by atoms with Crippen LogP contribution in [0, 0.1) is 19.7 Å². The summed E-state index contributed by atoms with van der Waals surface area (Å²) in [5, 5.41) is 0.432. The van der Waals surface area contributed by atoms with Gasteiger partial charge in [-0.2, -0.15) is 0 Å². The van der Waals surface area contributed by atoms with Gasteiger partial charge in [0.15, 0.2) is 0 Å². The molecule has 0 radical (unpaired) electrons. The average molecular weight is 216 g/mol. The standard InChI is InChI=1S/C11H15ClFN/c1-6-8(12)5-9(13)7(2)10(6)11(3,4)14/h5H,14H2,1-4H3. The van der Waals surface area contributed by atoms with Crippen molar-refractivity contribution in [3.05, 3.63) is 33.6 Å². The Morgan fingerprint density at radius 3 is 2.21 bits per heavy atom. The highest BCUT2D eigenvalue weighted by molar-refractivity contribution is 6.31. The van der Waals surface area contributed by atoms with Crippen molar-refractivity contribution >= 4 is 11.6 Å². The molecule has 14 heavy (non-hydrogen) atoms. The summed E-state index contributed by atoms with van der Waals surface area (Å²) in [6.07, 6.45) is 0. The largest absolute Gasteiger partial charge is 0.322 e. The second-order valence-electron chi connectivity index (χ2n) is 4.19. The predicted octanol–water partition coefficient (Wildman–Crippen LogP) is 3.29. The molecule has 0 aliphatic carbocycles. The van der Waals surface area contributed by atoms with Crippen LogP contribution in [0.3, 0.4) is 0 Å². The van der Waals surface area contributed by atoms with Crippen LogP contribution >= 0.6 is 11.6 Å². The molecule has 1 aromatic rings. The van der Waals surface area contributed by atoms with E-state index in [-0.39, 0.29) is 5.82 Å². The molecule has 1 aromatic carbocycles. The zero-order valence-corrected chi connectivity index (χ0v) is 9.67. The Kier molecular flexibility index (Phi) is 2.88. The molecule has 0 heterocycles. The molecule has 0 amide bonds. The van der Waals surface area contributed by atoms with Crippen LogP contribution < -0.4 is 5.73 Å². The summed E-state index contributed by atoms with van der Waals surface area (Å²) in [5.41, 5.74) is 7.64. The van der Waals surface area contributed by atoms with E-state index in [1.807, 2.05) is 20.8 Å². The highest BCUT2D eigenvalue weighted by atomic mass is 35.5. The van der Waals surface area contributed by atoms with Gasteiger partial charge in [-0.15, -0.1) is 0 Å². The maximum atomic E-state index is 13.4. The van der Waals surface area contributed by atoms with Gasteiger partial charge in [-0.3, -0.25) is 0 Å². The van der Waals surface area contributed by atoms with E-state index in [9.17, 15) is 4.39 Å². The number of nitrogens with two attached hydrogens (primary N) is 1. The van der Waals surface area contributed by atoms with Crippen molar-refractivity contribution in [2.45, 2.75) is 33.2 Å². The van der Waals surface area contributed by atoms with E-state index in [0.29, 0.717) is 10.6 Å². The molecule has 0 aliphatic rings. The second kappa shape index (κ2) is 3.52. The quantitative estimate of drug-likeness (QED) is 0.765. The molecule has 2 N–H and O–H groups in total. The lowest BCUT2D eigenvalue weighted by Crippen LogP contribution is -2.31. The summed E-state index contributed by atoms with van der Waals surface area (Å²) >= 11 is 5.90. The molecule has 3 heteroatoms. The van der Waals surface area contributed by atoms with E-state index in [1.54, 1.807) is 6.92 Å². The molecule has 1 nitrogen and oxygen atoms in total. The number of hydrogen-bond donors (Lipinski definition) is 1. The van der Waals surface area contributed by atoms with Gasteiger partial charge >= 0.3 is 0 Å². The summed E-state index contributed by atoms with van der Waals surface area (Å²) in [6, 6.07) is 1.33. The fourth-order valence-electron chi connectivity index (χ4n) is 1.81. The van der Waals surface area contributed by atoms with Crippen molar-refractivity contribution in [3.63, 3.8) is 0 Å². The van der Waals surface area contributed by atoms with Gasteiger partial charge in [-0.25, -0.2) is 4.39 Å². The molecule has 0 saturated carbocycles. The SMILES string of the molecule is Cc1c(F)cc(Cl)c(C)c1C(C)(C)N. The number of hydrogen-bond acceptors (Lipinski definition) is 1. The lowest BCUT2D eigenvalue weighted by Gasteiger charge is -2.25. The van der Waals surface area contributed by atoms with Crippen LogP contribution in [0.1, 0.15) is 30.5 Å². The van der Waals surface area contributed by atoms with E-state index in [2.05, 4.69) is 0 Å². The van der Waals surface area contributed by atoms with Crippen LogP contribution in [-0.2, 0) is 5.54 Å². The van der Waals surface area contributed by atoms with Gasteiger partial charge in [0.2, 0.25) is 0 Å². The van der Waals surface area contributed by atoms with Crippen LogP contribution in [0.15, 0.2) is 6.07 Å². The monoisotopic (exact) mass is 215 g/mol. The summed E-state index contributed by atoms with van der Waals surface area (Å²) in [5.74, 6) is -0.297. The van der Waals surface area contributed by atoms with E-state index in [4.69, 9.17) is 17.3 Å². The minimum atomic E-state index is -0.570. The van der Waals surface area contributed by atoms with E-state index in [1.165, 1.54) is 6.07 Å². The highest BCUT2D eigenvalue weighted by Gasteiger charge is 2.22. The Balaban J connectivity index is 3.56. The van der Waals surface area contributed by atoms with Crippen molar-refractivity contribution in [3.8, 4) is 0 Å². The van der Waals surface area contributed by atoms with Gasteiger partial charge in [-0.05, 0) is 50.5 Å². The minimum Gasteiger partial charge on any atom is -0.322 e. The van der Waals surface area contributed by atoms with E-state index in [0.717, 1.165) is 11.1 Å². The summed E-state index contributed by atoms with van der Waals surface area (Å²) in [4.78, 5) is 0. The van der Waals surface area contributed by atoms with Gasteiger partial charge in [0.05, 0.1) is 0 Å². The molecular formula is C11H15ClFN. The first kappa shape index (κ1) is 11.5. The van der Waals surface area contributed by atoms with E-state index < -0.39 is 5.54 Å². The normalized spacial score (nSPS) is 11.9. The molecule has 1 rings (SSSR count). The van der Waals surface area contributed by atoms with Crippen molar-refractivity contribution < 1.29 is 4.39 Å². The first-order valence-corrected chi connectivity index (χ1v) is 4.87. The number of rotatable bonds is 1. The first-order valence-electron chi connectivity index (χ1n) is 4.49. The zero-order valence-electron chi connectivity index (χ0n) is 8.91. The third-order valence-electron chi connectivity index (χ3n) is 2.36. The van der Waals surface area contributed by atoms with Gasteiger partial charge < -0.3 is 5.73 Å². The maximum absolute atomic E-state index is 13.4. The Hall–Kier alpha value is -0.600. The summed E-state index contributed by atoms with van der Waals surface area (Å²) in [6.45, 7) is 7.28. The molecule has 0 atom stereocenters. The maximum Gasteiger partial charge on any atom is 0.127 e. The van der Waals surface area contributed by atoms with Gasteiger partial charge in [-0.1, -0.05) is 11.6 Å².